The number of halogens is 3. The molecule has 0 atom stereocenters. The molecule has 3 rings (SSSR count). The molecular formula is C20H18Cl2FN3O3. The topological polar surface area (TPSA) is 87.3 Å². The molecule has 2 heterocycles. The zero-order chi connectivity index (χ0) is 20.1. The predicted octanol–water partition coefficient (Wildman–Crippen LogP) is 5.44. The van der Waals surface area contributed by atoms with Gasteiger partial charge in [-0.25, -0.2) is 9.37 Å². The molecule has 29 heavy (non-hydrogen) atoms. The second kappa shape index (κ2) is 10.0. The number of aromatic nitrogens is 2. The first-order chi connectivity index (χ1) is 13.5. The molecule has 0 bridgehead atoms. The average molecular weight is 438 g/mol. The van der Waals surface area contributed by atoms with E-state index in [1.54, 1.807) is 30.3 Å². The van der Waals surface area contributed by atoms with Gasteiger partial charge in [0.05, 0.1) is 10.7 Å². The van der Waals surface area contributed by atoms with Crippen LogP contribution in [0.3, 0.4) is 0 Å². The van der Waals surface area contributed by atoms with Gasteiger partial charge in [0.1, 0.15) is 11.4 Å². The number of carbonyl (C=O) groups is 1. The monoisotopic (exact) mass is 437 g/mol. The van der Waals surface area contributed by atoms with Crippen molar-refractivity contribution in [3.05, 3.63) is 59.6 Å². The summed E-state index contributed by atoms with van der Waals surface area (Å²) in [7, 11) is 0. The van der Waals surface area contributed by atoms with Gasteiger partial charge in [-0.2, -0.15) is 0 Å². The molecule has 9 heteroatoms. The predicted molar refractivity (Wildman–Crippen MR) is 111 cm³/mol. The first-order valence-corrected chi connectivity index (χ1v) is 8.90. The SMILES string of the molecule is CCCC(=O)Oc1ccnc(-c2ccc(Oc3ncc(Cl)cc3F)cc2)c1N.Cl. The van der Waals surface area contributed by atoms with Crippen molar-refractivity contribution in [1.29, 1.82) is 0 Å². The van der Waals surface area contributed by atoms with Crippen LogP contribution in [0.5, 0.6) is 17.4 Å². The lowest BCUT2D eigenvalue weighted by Gasteiger charge is -2.11. The number of pyridine rings is 2. The average Bonchev–Trinajstić information content (AvgIpc) is 2.67. The van der Waals surface area contributed by atoms with Crippen LogP contribution >= 0.6 is 24.0 Å². The zero-order valence-electron chi connectivity index (χ0n) is 15.4. The molecule has 0 fully saturated rings. The highest BCUT2D eigenvalue weighted by Gasteiger charge is 2.13. The summed E-state index contributed by atoms with van der Waals surface area (Å²) in [5, 5.41) is 0.182. The minimum Gasteiger partial charge on any atom is -0.436 e. The van der Waals surface area contributed by atoms with Gasteiger partial charge in [0, 0.05) is 30.4 Å². The van der Waals surface area contributed by atoms with Crippen molar-refractivity contribution in [2.24, 2.45) is 0 Å². The number of nitrogen functional groups attached to an aromatic ring is 1. The Labute approximate surface area is 178 Å². The van der Waals surface area contributed by atoms with Crippen LogP contribution in [0.25, 0.3) is 11.3 Å². The fourth-order valence-electron chi connectivity index (χ4n) is 2.42. The van der Waals surface area contributed by atoms with Crippen molar-refractivity contribution >= 4 is 35.7 Å². The zero-order valence-corrected chi connectivity index (χ0v) is 17.0. The van der Waals surface area contributed by atoms with E-state index >= 15 is 0 Å². The normalized spacial score (nSPS) is 10.2. The highest BCUT2D eigenvalue weighted by atomic mass is 35.5. The summed E-state index contributed by atoms with van der Waals surface area (Å²) in [6.07, 6.45) is 3.79. The summed E-state index contributed by atoms with van der Waals surface area (Å²) in [6.45, 7) is 1.89. The first kappa shape index (κ1) is 22.4. The first-order valence-electron chi connectivity index (χ1n) is 8.52. The van der Waals surface area contributed by atoms with Crippen molar-refractivity contribution in [3.8, 4) is 28.6 Å². The second-order valence-corrected chi connectivity index (χ2v) is 6.30. The van der Waals surface area contributed by atoms with E-state index in [2.05, 4.69) is 9.97 Å². The minimum atomic E-state index is -0.663. The molecule has 0 amide bonds. The van der Waals surface area contributed by atoms with E-state index in [-0.39, 0.29) is 40.7 Å². The van der Waals surface area contributed by atoms with Gasteiger partial charge in [-0.15, -0.1) is 12.4 Å². The Morgan fingerprint density at radius 1 is 1.21 bits per heavy atom. The number of carbonyl (C=O) groups excluding carboxylic acids is 1. The van der Waals surface area contributed by atoms with Crippen molar-refractivity contribution in [3.63, 3.8) is 0 Å². The summed E-state index contributed by atoms with van der Waals surface area (Å²) < 4.78 is 24.5. The number of ether oxygens (including phenoxy) is 2. The maximum Gasteiger partial charge on any atom is 0.311 e. The number of hydrogen-bond donors (Lipinski definition) is 1. The van der Waals surface area contributed by atoms with E-state index in [9.17, 15) is 9.18 Å². The largest absolute Gasteiger partial charge is 0.436 e. The second-order valence-electron chi connectivity index (χ2n) is 5.86. The quantitative estimate of drug-likeness (QED) is 0.516. The number of hydrogen-bond acceptors (Lipinski definition) is 6. The summed E-state index contributed by atoms with van der Waals surface area (Å²) in [5.41, 5.74) is 7.51. The molecule has 0 saturated carbocycles. The lowest BCUT2D eigenvalue weighted by Crippen LogP contribution is -2.09. The van der Waals surface area contributed by atoms with Gasteiger partial charge in [-0.1, -0.05) is 18.5 Å². The van der Waals surface area contributed by atoms with Crippen LogP contribution in [0.1, 0.15) is 19.8 Å². The Morgan fingerprint density at radius 2 is 1.93 bits per heavy atom. The van der Waals surface area contributed by atoms with E-state index < -0.39 is 5.82 Å². The van der Waals surface area contributed by atoms with Crippen molar-refractivity contribution in [1.82, 2.24) is 9.97 Å². The Hall–Kier alpha value is -2.90. The van der Waals surface area contributed by atoms with Crippen LogP contribution in [-0.2, 0) is 4.79 Å². The van der Waals surface area contributed by atoms with E-state index in [0.29, 0.717) is 29.8 Å². The Kier molecular flexibility index (Phi) is 7.75. The van der Waals surface area contributed by atoms with Crippen LogP contribution in [0, 0.1) is 5.82 Å². The molecule has 0 spiro atoms. The van der Waals surface area contributed by atoms with Crippen molar-refractivity contribution < 1.29 is 18.7 Å². The Morgan fingerprint density at radius 3 is 2.59 bits per heavy atom. The smallest absolute Gasteiger partial charge is 0.311 e. The lowest BCUT2D eigenvalue weighted by atomic mass is 10.1. The van der Waals surface area contributed by atoms with Crippen LogP contribution < -0.4 is 15.2 Å². The molecule has 6 nitrogen and oxygen atoms in total. The molecule has 152 valence electrons. The standard InChI is InChI=1S/C20H17ClFN3O3.ClH/c1-2-3-17(26)28-16-8-9-24-19(18(16)23)12-4-6-14(7-5-12)27-20-15(22)10-13(21)11-25-20;/h4-11H,2-3,23H2,1H3;1H. The maximum atomic E-state index is 13.8. The number of benzene rings is 1. The molecule has 1 aromatic carbocycles. The van der Waals surface area contributed by atoms with Gasteiger partial charge in [-0.3, -0.25) is 9.78 Å². The molecule has 0 radical (unpaired) electrons. The molecule has 0 aliphatic carbocycles. The molecule has 0 aliphatic rings. The van der Waals surface area contributed by atoms with Gasteiger partial charge in [0.2, 0.25) is 0 Å². The molecule has 0 aliphatic heterocycles. The van der Waals surface area contributed by atoms with Gasteiger partial charge in [0.15, 0.2) is 11.6 Å². The Bertz CT molecular complexity index is 1000. The maximum absolute atomic E-state index is 13.8. The van der Waals surface area contributed by atoms with Crippen LogP contribution in [0.2, 0.25) is 5.02 Å². The minimum absolute atomic E-state index is 0. The number of esters is 1. The van der Waals surface area contributed by atoms with E-state index in [0.717, 1.165) is 6.07 Å². The fraction of sp³-hybridized carbons (Fsp3) is 0.150. The molecule has 2 N–H and O–H groups in total. The molecule has 0 saturated heterocycles. The lowest BCUT2D eigenvalue weighted by molar-refractivity contribution is -0.134. The molecule has 2 aromatic heterocycles. The summed E-state index contributed by atoms with van der Waals surface area (Å²) in [6, 6.07) is 9.33. The third-order valence-corrected chi connectivity index (χ3v) is 3.95. The van der Waals surface area contributed by atoms with Crippen LogP contribution in [0.4, 0.5) is 10.1 Å². The van der Waals surface area contributed by atoms with Crippen molar-refractivity contribution in [2.75, 3.05) is 5.73 Å². The van der Waals surface area contributed by atoms with Crippen LogP contribution in [-0.4, -0.2) is 15.9 Å². The number of rotatable bonds is 6. The molecule has 3 aromatic rings. The summed E-state index contributed by atoms with van der Waals surface area (Å²) >= 11 is 5.68. The van der Waals surface area contributed by atoms with E-state index in [1.807, 2.05) is 6.92 Å². The number of nitrogens with two attached hydrogens (primary N) is 1. The van der Waals surface area contributed by atoms with Gasteiger partial charge < -0.3 is 15.2 Å². The number of nitrogens with zero attached hydrogens (tertiary/aromatic N) is 2. The fourth-order valence-corrected chi connectivity index (χ4v) is 2.57. The summed E-state index contributed by atoms with van der Waals surface area (Å²) in [4.78, 5) is 19.8. The van der Waals surface area contributed by atoms with E-state index in [1.165, 1.54) is 12.4 Å². The van der Waals surface area contributed by atoms with Crippen LogP contribution in [0.15, 0.2) is 48.8 Å². The third kappa shape index (κ3) is 5.56. The number of anilines is 1. The molecule has 0 unspecified atom stereocenters. The Balaban J connectivity index is 0.00000300. The van der Waals surface area contributed by atoms with Crippen molar-refractivity contribution in [2.45, 2.75) is 19.8 Å². The molecular weight excluding hydrogens is 420 g/mol. The van der Waals surface area contributed by atoms with Gasteiger partial charge >= 0.3 is 5.97 Å². The highest BCUT2D eigenvalue weighted by molar-refractivity contribution is 6.30. The van der Waals surface area contributed by atoms with E-state index in [4.69, 9.17) is 26.8 Å². The highest BCUT2D eigenvalue weighted by Crippen LogP contribution is 2.33. The third-order valence-electron chi connectivity index (χ3n) is 3.74. The van der Waals surface area contributed by atoms with Gasteiger partial charge in [-0.05, 0) is 36.8 Å². The van der Waals surface area contributed by atoms with Gasteiger partial charge in [0.25, 0.3) is 5.88 Å². The summed E-state index contributed by atoms with van der Waals surface area (Å²) in [5.74, 6) is -0.561.